The number of carboxylic acid groups (broad SMARTS) is 1. The first-order chi connectivity index (χ1) is 11.8. The average molecular weight is 368 g/mol. The van der Waals surface area contributed by atoms with Gasteiger partial charge in [0.2, 0.25) is 6.23 Å². The number of aliphatic hydroxyl groups is 1. The molecule has 1 aliphatic heterocycles. The standard InChI is InChI=1S/C15H16N2O7S/c1-8(18)25-14-11(12(20)17(14)13(21)15(22)23)16-10(19)7-24-9-5-3-2-4-6-9/h2-6,11,13-14,21H,7H2,1H3,(H,16,19)(H,22,23). The van der Waals surface area contributed by atoms with Gasteiger partial charge in [-0.3, -0.25) is 19.3 Å². The highest BCUT2D eigenvalue weighted by Gasteiger charge is 2.53. The van der Waals surface area contributed by atoms with Gasteiger partial charge in [0.1, 0.15) is 17.2 Å². The zero-order valence-corrected chi connectivity index (χ0v) is 13.9. The van der Waals surface area contributed by atoms with E-state index < -0.39 is 35.4 Å². The van der Waals surface area contributed by atoms with Gasteiger partial charge < -0.3 is 20.3 Å². The number of hydrogen-bond acceptors (Lipinski definition) is 7. The second kappa shape index (κ2) is 7.99. The Morgan fingerprint density at radius 1 is 1.32 bits per heavy atom. The van der Waals surface area contributed by atoms with Crippen molar-refractivity contribution < 1.29 is 34.1 Å². The third-order valence-electron chi connectivity index (χ3n) is 3.28. The number of ether oxygens (including phenoxy) is 1. The molecule has 9 nitrogen and oxygen atoms in total. The number of thioether (sulfide) groups is 1. The van der Waals surface area contributed by atoms with E-state index in [0.717, 1.165) is 0 Å². The summed E-state index contributed by atoms with van der Waals surface area (Å²) < 4.78 is 5.25. The van der Waals surface area contributed by atoms with Crippen LogP contribution in [0.5, 0.6) is 5.75 Å². The predicted molar refractivity (Wildman–Crippen MR) is 86.4 cm³/mol. The van der Waals surface area contributed by atoms with Crippen molar-refractivity contribution in [3.8, 4) is 5.75 Å². The van der Waals surface area contributed by atoms with Gasteiger partial charge in [-0.1, -0.05) is 30.0 Å². The Balaban J connectivity index is 1.97. The van der Waals surface area contributed by atoms with Gasteiger partial charge in [-0.15, -0.1) is 0 Å². The van der Waals surface area contributed by atoms with E-state index in [2.05, 4.69) is 5.32 Å². The zero-order chi connectivity index (χ0) is 18.6. The molecule has 10 heteroatoms. The van der Waals surface area contributed by atoms with Crippen LogP contribution >= 0.6 is 11.8 Å². The van der Waals surface area contributed by atoms with Gasteiger partial charge in [-0.2, -0.15) is 0 Å². The summed E-state index contributed by atoms with van der Waals surface area (Å²) in [4.78, 5) is 46.7. The minimum absolute atomic E-state index is 0.354. The minimum atomic E-state index is -2.09. The Labute approximate surface area is 146 Å². The lowest BCUT2D eigenvalue weighted by molar-refractivity contribution is -0.178. The van der Waals surface area contributed by atoms with Gasteiger partial charge in [-0.25, -0.2) is 4.79 Å². The number of aliphatic hydroxyl groups excluding tert-OH is 1. The van der Waals surface area contributed by atoms with Crippen molar-refractivity contribution >= 4 is 34.7 Å². The average Bonchev–Trinajstić information content (AvgIpc) is 2.57. The van der Waals surface area contributed by atoms with Crippen molar-refractivity contribution in [2.75, 3.05) is 6.61 Å². The highest BCUT2D eigenvalue weighted by Crippen LogP contribution is 2.32. The number of carbonyl (C=O) groups is 4. The molecule has 3 N–H and O–H groups in total. The monoisotopic (exact) mass is 368 g/mol. The molecule has 2 rings (SSSR count). The molecule has 0 bridgehead atoms. The van der Waals surface area contributed by atoms with Gasteiger partial charge in [0, 0.05) is 6.92 Å². The van der Waals surface area contributed by atoms with Crippen LogP contribution < -0.4 is 10.1 Å². The van der Waals surface area contributed by atoms with E-state index in [4.69, 9.17) is 9.84 Å². The number of benzene rings is 1. The maximum Gasteiger partial charge on any atom is 0.354 e. The van der Waals surface area contributed by atoms with Crippen molar-refractivity contribution in [2.24, 2.45) is 0 Å². The molecule has 0 radical (unpaired) electrons. The maximum atomic E-state index is 12.0. The van der Waals surface area contributed by atoms with Crippen molar-refractivity contribution in [2.45, 2.75) is 24.6 Å². The lowest BCUT2D eigenvalue weighted by Gasteiger charge is -2.46. The van der Waals surface area contributed by atoms with E-state index in [1.807, 2.05) is 0 Å². The first-order valence-corrected chi connectivity index (χ1v) is 8.06. The molecule has 1 saturated heterocycles. The number of rotatable bonds is 7. The molecular weight excluding hydrogens is 352 g/mol. The molecule has 134 valence electrons. The first-order valence-electron chi connectivity index (χ1n) is 7.18. The Bertz CT molecular complexity index is 682. The molecule has 3 unspecified atom stereocenters. The number of carboxylic acids is 1. The largest absolute Gasteiger partial charge is 0.484 e. The molecule has 1 aromatic rings. The summed E-state index contributed by atoms with van der Waals surface area (Å²) >= 11 is 0.651. The highest BCUT2D eigenvalue weighted by atomic mass is 32.2. The fourth-order valence-electron chi connectivity index (χ4n) is 2.17. The Hall–Kier alpha value is -2.59. The lowest BCUT2D eigenvalue weighted by Crippen LogP contribution is -2.73. The molecule has 0 aromatic heterocycles. The Morgan fingerprint density at radius 2 is 1.96 bits per heavy atom. The molecule has 1 aliphatic rings. The van der Waals surface area contributed by atoms with Crippen LogP contribution in [-0.4, -0.2) is 62.3 Å². The number of para-hydroxylation sites is 1. The van der Waals surface area contributed by atoms with Crippen molar-refractivity contribution in [1.82, 2.24) is 10.2 Å². The molecule has 3 atom stereocenters. The quantitative estimate of drug-likeness (QED) is 0.544. The molecule has 2 amide bonds. The predicted octanol–water partition coefficient (Wildman–Crippen LogP) is -0.599. The van der Waals surface area contributed by atoms with Crippen LogP contribution in [0.2, 0.25) is 0 Å². The second-order valence-corrected chi connectivity index (χ2v) is 6.40. The van der Waals surface area contributed by atoms with Crippen molar-refractivity contribution in [1.29, 1.82) is 0 Å². The number of likely N-dealkylation sites (tertiary alicyclic amines) is 1. The van der Waals surface area contributed by atoms with E-state index in [1.54, 1.807) is 30.3 Å². The van der Waals surface area contributed by atoms with Crippen molar-refractivity contribution in [3.63, 3.8) is 0 Å². The zero-order valence-electron chi connectivity index (χ0n) is 13.1. The Morgan fingerprint density at radius 3 is 2.52 bits per heavy atom. The molecule has 1 heterocycles. The van der Waals surface area contributed by atoms with Gasteiger partial charge in [0.25, 0.3) is 11.8 Å². The summed E-state index contributed by atoms with van der Waals surface area (Å²) in [6.45, 7) is 0.878. The number of nitrogens with zero attached hydrogens (tertiary/aromatic N) is 1. The van der Waals surface area contributed by atoms with Gasteiger partial charge >= 0.3 is 5.97 Å². The number of aliphatic carboxylic acids is 1. The molecular formula is C15H16N2O7S. The second-order valence-electron chi connectivity index (χ2n) is 5.10. The molecule has 0 aliphatic carbocycles. The van der Waals surface area contributed by atoms with E-state index in [9.17, 15) is 24.3 Å². The molecule has 1 aromatic carbocycles. The van der Waals surface area contributed by atoms with Crippen LogP contribution in [0.1, 0.15) is 6.92 Å². The van der Waals surface area contributed by atoms with E-state index in [-0.39, 0.29) is 11.7 Å². The van der Waals surface area contributed by atoms with Crippen molar-refractivity contribution in [3.05, 3.63) is 30.3 Å². The molecule has 0 saturated carbocycles. The van der Waals surface area contributed by atoms with Gasteiger partial charge in [0.15, 0.2) is 11.7 Å². The van der Waals surface area contributed by atoms with Gasteiger partial charge in [-0.05, 0) is 12.1 Å². The van der Waals surface area contributed by atoms with Crippen LogP contribution in [-0.2, 0) is 19.2 Å². The summed E-state index contributed by atoms with van der Waals surface area (Å²) in [5, 5.41) is 19.4. The number of carbonyl (C=O) groups excluding carboxylic acids is 3. The summed E-state index contributed by atoms with van der Waals surface area (Å²) in [5.74, 6) is -2.56. The smallest absolute Gasteiger partial charge is 0.354 e. The number of β-lactam (4-membered cyclic amide) rings is 1. The van der Waals surface area contributed by atoms with E-state index in [0.29, 0.717) is 22.4 Å². The highest BCUT2D eigenvalue weighted by molar-refractivity contribution is 8.14. The Kier molecular flexibility index (Phi) is 5.99. The van der Waals surface area contributed by atoms with E-state index >= 15 is 0 Å². The normalized spacial score (nSPS) is 20.4. The van der Waals surface area contributed by atoms with Crippen LogP contribution in [0.25, 0.3) is 0 Å². The van der Waals surface area contributed by atoms with Gasteiger partial charge in [0.05, 0.1) is 0 Å². The lowest BCUT2D eigenvalue weighted by atomic mass is 10.1. The maximum absolute atomic E-state index is 12.0. The summed E-state index contributed by atoms with van der Waals surface area (Å²) in [7, 11) is 0. The molecule has 1 fully saturated rings. The first kappa shape index (κ1) is 18.7. The minimum Gasteiger partial charge on any atom is -0.484 e. The number of amides is 2. The van der Waals surface area contributed by atoms with Crippen LogP contribution in [0.15, 0.2) is 30.3 Å². The summed E-state index contributed by atoms with van der Waals surface area (Å²) in [6.07, 6.45) is -2.09. The summed E-state index contributed by atoms with van der Waals surface area (Å²) in [5.41, 5.74) is 0. The SMILES string of the molecule is CC(=O)SC1C(NC(=O)COc2ccccc2)C(=O)N1C(O)C(=O)O. The van der Waals surface area contributed by atoms with E-state index in [1.165, 1.54) is 6.92 Å². The fraction of sp³-hybridized carbons (Fsp3) is 0.333. The summed E-state index contributed by atoms with van der Waals surface area (Å²) in [6, 6.07) is 7.43. The third kappa shape index (κ3) is 4.48. The topological polar surface area (TPSA) is 133 Å². The molecule has 25 heavy (non-hydrogen) atoms. The fourth-order valence-corrected chi connectivity index (χ4v) is 3.17. The number of hydrogen-bond donors (Lipinski definition) is 3. The third-order valence-corrected chi connectivity index (χ3v) is 4.35. The number of nitrogens with one attached hydrogen (secondary N) is 1. The molecule has 0 spiro atoms. The van der Waals surface area contributed by atoms with Crippen LogP contribution in [0, 0.1) is 0 Å². The van der Waals surface area contributed by atoms with Crippen LogP contribution in [0.3, 0.4) is 0 Å². The van der Waals surface area contributed by atoms with Crippen LogP contribution in [0.4, 0.5) is 0 Å².